The second-order valence-electron chi connectivity index (χ2n) is 8.60. The minimum Gasteiger partial charge on any atom is -0.444 e. The van der Waals surface area contributed by atoms with Crippen molar-refractivity contribution in [2.24, 2.45) is 0 Å². The molecule has 1 unspecified atom stereocenters. The van der Waals surface area contributed by atoms with Crippen molar-refractivity contribution in [3.8, 4) is 0 Å². The lowest BCUT2D eigenvalue weighted by atomic mass is 9.89. The fourth-order valence-electron chi connectivity index (χ4n) is 3.68. The summed E-state index contributed by atoms with van der Waals surface area (Å²) in [4.78, 5) is 53.2. The molecular weight excluding hydrogens is 372 g/mol. The molecule has 1 aliphatic heterocycles. The van der Waals surface area contributed by atoms with E-state index in [1.54, 1.807) is 46.0 Å². The number of carbonyl (C=O) groups excluding carboxylic acids is 4. The summed E-state index contributed by atoms with van der Waals surface area (Å²) in [6.07, 6.45) is 0.672. The largest absolute Gasteiger partial charge is 0.444 e. The smallest absolute Gasteiger partial charge is 0.410 e. The number of carbonyl (C=O) groups is 4. The van der Waals surface area contributed by atoms with E-state index in [2.05, 4.69) is 6.58 Å². The van der Waals surface area contributed by atoms with Crippen LogP contribution in [0.25, 0.3) is 0 Å². The monoisotopic (exact) mass is 398 g/mol. The van der Waals surface area contributed by atoms with Gasteiger partial charge < -0.3 is 9.64 Å². The molecule has 1 heterocycles. The van der Waals surface area contributed by atoms with Gasteiger partial charge >= 0.3 is 6.09 Å². The van der Waals surface area contributed by atoms with E-state index in [4.69, 9.17) is 4.74 Å². The molecule has 3 rings (SSSR count). The van der Waals surface area contributed by atoms with Crippen molar-refractivity contribution in [3.05, 3.63) is 47.0 Å². The Kier molecular flexibility index (Phi) is 5.34. The first-order valence-electron chi connectivity index (χ1n) is 9.63. The van der Waals surface area contributed by atoms with Crippen molar-refractivity contribution in [3.63, 3.8) is 0 Å². The van der Waals surface area contributed by atoms with Gasteiger partial charge in [-0.1, -0.05) is 24.3 Å². The predicted molar refractivity (Wildman–Crippen MR) is 106 cm³/mol. The van der Waals surface area contributed by atoms with Crippen molar-refractivity contribution < 1.29 is 23.9 Å². The first-order valence-corrected chi connectivity index (χ1v) is 9.63. The van der Waals surface area contributed by atoms with Crippen LogP contribution in [-0.4, -0.2) is 52.2 Å². The fraction of sp³-hybridized carbons (Fsp3) is 0.455. The molecule has 3 amide bonds. The van der Waals surface area contributed by atoms with E-state index in [0.29, 0.717) is 18.4 Å². The van der Waals surface area contributed by atoms with Gasteiger partial charge in [0.15, 0.2) is 5.78 Å². The Bertz CT molecular complexity index is 912. The Hall–Kier alpha value is -2.96. The summed E-state index contributed by atoms with van der Waals surface area (Å²) in [5.41, 5.74) is 1.25. The van der Waals surface area contributed by atoms with Crippen LogP contribution < -0.4 is 0 Å². The number of hydrogen-bond donors (Lipinski definition) is 0. The van der Waals surface area contributed by atoms with Crippen LogP contribution >= 0.6 is 0 Å². The van der Waals surface area contributed by atoms with Gasteiger partial charge in [-0.2, -0.15) is 0 Å². The first-order chi connectivity index (χ1) is 13.5. The summed E-state index contributed by atoms with van der Waals surface area (Å²) < 4.78 is 5.35. The average molecular weight is 398 g/mol. The van der Waals surface area contributed by atoms with Gasteiger partial charge in [-0.05, 0) is 45.2 Å². The number of Topliss-reactive ketones (excluding diaryl/α,β-unsaturated/α-hetero) is 1. The summed E-state index contributed by atoms with van der Waals surface area (Å²) in [5, 5.41) is 0. The number of rotatable bonds is 3. The van der Waals surface area contributed by atoms with E-state index >= 15 is 0 Å². The van der Waals surface area contributed by atoms with Gasteiger partial charge in [0.1, 0.15) is 5.60 Å². The molecule has 0 spiro atoms. The maximum Gasteiger partial charge on any atom is 0.410 e. The Labute approximate surface area is 170 Å². The summed E-state index contributed by atoms with van der Waals surface area (Å²) in [6.45, 7) is 9.26. The van der Waals surface area contributed by atoms with Gasteiger partial charge in [0, 0.05) is 20.0 Å². The highest BCUT2D eigenvalue weighted by Crippen LogP contribution is 2.33. The zero-order chi connectivity index (χ0) is 21.5. The Balaban J connectivity index is 1.86. The number of ether oxygens (including phenoxy) is 1. The molecule has 7 nitrogen and oxygen atoms in total. The first kappa shape index (κ1) is 20.8. The summed E-state index contributed by atoms with van der Waals surface area (Å²) in [6, 6.07) is 4.21. The average Bonchev–Trinajstić information content (AvgIpc) is 2.86. The number of ketones is 1. The van der Waals surface area contributed by atoms with Crippen LogP contribution in [0.2, 0.25) is 0 Å². The Morgan fingerprint density at radius 1 is 1.24 bits per heavy atom. The summed E-state index contributed by atoms with van der Waals surface area (Å²) in [7, 11) is 1.57. The van der Waals surface area contributed by atoms with Gasteiger partial charge in [-0.25, -0.2) is 4.79 Å². The highest BCUT2D eigenvalue weighted by atomic mass is 16.6. The molecule has 0 radical (unpaired) electrons. The van der Waals surface area contributed by atoms with Crippen molar-refractivity contribution in [2.75, 3.05) is 7.05 Å². The minimum absolute atomic E-state index is 0.111. The van der Waals surface area contributed by atoms with E-state index in [1.165, 1.54) is 4.90 Å². The van der Waals surface area contributed by atoms with Crippen molar-refractivity contribution in [1.82, 2.24) is 9.80 Å². The molecule has 1 saturated carbocycles. The topological polar surface area (TPSA) is 84.0 Å². The van der Waals surface area contributed by atoms with Crippen LogP contribution in [0.15, 0.2) is 30.4 Å². The van der Waals surface area contributed by atoms with Crippen molar-refractivity contribution >= 4 is 23.7 Å². The number of benzene rings is 1. The lowest BCUT2D eigenvalue weighted by Gasteiger charge is -2.29. The summed E-state index contributed by atoms with van der Waals surface area (Å²) >= 11 is 0. The molecule has 0 saturated heterocycles. The molecular formula is C22H26N2O5. The standard InChI is InChI=1S/C22H26N2O5/c1-13-9-10-16(17(25)11-13)24-19(26)15-8-6-7-14(18(15)20(24)27)12-23(5)21(28)29-22(2,3)4/h6-8,16H,1,9-12H2,2-5H3. The number of nitrogens with zero attached hydrogens (tertiary/aromatic N) is 2. The number of imide groups is 1. The van der Waals surface area contributed by atoms with E-state index in [1.807, 2.05) is 0 Å². The third-order valence-corrected chi connectivity index (χ3v) is 5.02. The van der Waals surface area contributed by atoms with Crippen LogP contribution in [-0.2, 0) is 16.1 Å². The van der Waals surface area contributed by atoms with E-state index in [-0.39, 0.29) is 29.9 Å². The number of amides is 3. The highest BCUT2D eigenvalue weighted by Gasteiger charge is 2.44. The van der Waals surface area contributed by atoms with Gasteiger partial charge in [0.05, 0.1) is 17.2 Å². The molecule has 154 valence electrons. The zero-order valence-electron chi connectivity index (χ0n) is 17.3. The molecule has 1 atom stereocenters. The quantitative estimate of drug-likeness (QED) is 0.576. The fourth-order valence-corrected chi connectivity index (χ4v) is 3.68. The van der Waals surface area contributed by atoms with Gasteiger partial charge in [-0.3, -0.25) is 19.3 Å². The molecule has 1 fully saturated rings. The minimum atomic E-state index is -0.760. The van der Waals surface area contributed by atoms with E-state index in [9.17, 15) is 19.2 Å². The zero-order valence-corrected chi connectivity index (χ0v) is 17.3. The van der Waals surface area contributed by atoms with Crippen LogP contribution in [0.3, 0.4) is 0 Å². The highest BCUT2D eigenvalue weighted by molar-refractivity contribution is 6.23. The molecule has 7 heteroatoms. The van der Waals surface area contributed by atoms with Crippen LogP contribution in [0, 0.1) is 0 Å². The normalized spacial score (nSPS) is 19.4. The van der Waals surface area contributed by atoms with Gasteiger partial charge in [0.25, 0.3) is 11.8 Å². The second kappa shape index (κ2) is 7.46. The number of hydrogen-bond acceptors (Lipinski definition) is 5. The van der Waals surface area contributed by atoms with Crippen LogP contribution in [0.1, 0.15) is 66.3 Å². The number of fused-ring (bicyclic) bond motifs is 1. The van der Waals surface area contributed by atoms with E-state index < -0.39 is 29.6 Å². The van der Waals surface area contributed by atoms with Crippen LogP contribution in [0.4, 0.5) is 4.79 Å². The third-order valence-electron chi connectivity index (χ3n) is 5.02. The predicted octanol–water partition coefficient (Wildman–Crippen LogP) is 3.33. The van der Waals surface area contributed by atoms with Gasteiger partial charge in [0.2, 0.25) is 0 Å². The maximum atomic E-state index is 13.1. The summed E-state index contributed by atoms with van der Waals surface area (Å²) in [5.74, 6) is -1.11. The van der Waals surface area contributed by atoms with Gasteiger partial charge in [-0.15, -0.1) is 0 Å². The molecule has 0 aromatic heterocycles. The molecule has 1 aromatic rings. The molecule has 29 heavy (non-hydrogen) atoms. The lowest BCUT2D eigenvalue weighted by molar-refractivity contribution is -0.123. The number of allylic oxidation sites excluding steroid dienone is 1. The molecule has 2 aliphatic rings. The third kappa shape index (κ3) is 4.09. The van der Waals surface area contributed by atoms with Crippen LogP contribution in [0.5, 0.6) is 0 Å². The molecule has 1 aliphatic carbocycles. The second-order valence-corrected chi connectivity index (χ2v) is 8.60. The molecule has 1 aromatic carbocycles. The maximum absolute atomic E-state index is 13.1. The molecule has 0 bridgehead atoms. The SMILES string of the molecule is C=C1CCC(N2C(=O)c3cccc(CN(C)C(=O)OC(C)(C)C)c3C2=O)C(=O)C1. The Morgan fingerprint density at radius 2 is 1.93 bits per heavy atom. The van der Waals surface area contributed by atoms with Crippen molar-refractivity contribution in [2.45, 2.75) is 58.2 Å². The van der Waals surface area contributed by atoms with E-state index in [0.717, 1.165) is 10.5 Å². The molecule has 0 N–H and O–H groups in total. The van der Waals surface area contributed by atoms with Crippen molar-refractivity contribution in [1.29, 1.82) is 0 Å². The lowest BCUT2D eigenvalue weighted by Crippen LogP contribution is -2.46. The Morgan fingerprint density at radius 3 is 2.55 bits per heavy atom.